The van der Waals surface area contributed by atoms with E-state index >= 15 is 0 Å². The van der Waals surface area contributed by atoms with Gasteiger partial charge >= 0.3 is 0 Å². The van der Waals surface area contributed by atoms with Crippen molar-refractivity contribution < 1.29 is 14.6 Å². The van der Waals surface area contributed by atoms with Gasteiger partial charge in [0, 0.05) is 12.6 Å². The van der Waals surface area contributed by atoms with E-state index < -0.39 is 0 Å². The van der Waals surface area contributed by atoms with E-state index in [0.717, 1.165) is 0 Å². The van der Waals surface area contributed by atoms with Crippen LogP contribution in [0.3, 0.4) is 0 Å². The topological polar surface area (TPSA) is 58.6 Å². The van der Waals surface area contributed by atoms with E-state index in [1.807, 2.05) is 32.0 Å². The van der Waals surface area contributed by atoms with Gasteiger partial charge < -0.3 is 15.2 Å². The average molecular weight is 279 g/mol. The fourth-order valence-electron chi connectivity index (χ4n) is 2.12. The Hall–Kier alpha value is -1.55. The average Bonchev–Trinajstić information content (AvgIpc) is 2.36. The number of nitrogens with one attached hydrogen (secondary N) is 1. The van der Waals surface area contributed by atoms with Crippen molar-refractivity contribution in [3.63, 3.8) is 0 Å². The highest BCUT2D eigenvalue weighted by atomic mass is 16.5. The molecule has 1 rings (SSSR count). The molecule has 0 saturated heterocycles. The lowest BCUT2D eigenvalue weighted by atomic mass is 9.98. The second kappa shape index (κ2) is 7.90. The van der Waals surface area contributed by atoms with E-state index in [2.05, 4.69) is 19.2 Å². The molecule has 0 aliphatic carbocycles. The molecular weight excluding hydrogens is 254 g/mol. The van der Waals surface area contributed by atoms with Crippen LogP contribution in [0.2, 0.25) is 0 Å². The van der Waals surface area contributed by atoms with Crippen molar-refractivity contribution >= 4 is 5.91 Å². The summed E-state index contributed by atoms with van der Waals surface area (Å²) in [5.41, 5.74) is 2.46. The molecule has 1 atom stereocenters. The van der Waals surface area contributed by atoms with Gasteiger partial charge in [0.15, 0.2) is 6.61 Å². The first-order valence-corrected chi connectivity index (χ1v) is 7.07. The molecule has 0 spiro atoms. The smallest absolute Gasteiger partial charge is 0.258 e. The maximum atomic E-state index is 11.6. The van der Waals surface area contributed by atoms with Crippen molar-refractivity contribution in [3.8, 4) is 5.75 Å². The van der Waals surface area contributed by atoms with Crippen LogP contribution in [0.15, 0.2) is 18.2 Å². The van der Waals surface area contributed by atoms with Gasteiger partial charge in [0.05, 0.1) is 0 Å². The van der Waals surface area contributed by atoms with E-state index in [1.165, 1.54) is 11.1 Å². The standard InChI is InChI=1S/C16H25NO3/c1-11(2)15-6-5-14(9-12(15)3)20-10-16(19)17-13(4)7-8-18/h5-6,9,11,13,18H,7-8,10H2,1-4H3,(H,17,19). The number of aryl methyl sites for hydroxylation is 1. The number of carbonyl (C=O) groups excluding carboxylic acids is 1. The first kappa shape index (κ1) is 16.5. The molecule has 0 bridgehead atoms. The molecule has 0 aliphatic heterocycles. The summed E-state index contributed by atoms with van der Waals surface area (Å²) in [5, 5.41) is 11.5. The predicted molar refractivity (Wildman–Crippen MR) is 80.1 cm³/mol. The van der Waals surface area contributed by atoms with Crippen LogP contribution in [0.4, 0.5) is 0 Å². The molecule has 0 heterocycles. The van der Waals surface area contributed by atoms with Crippen molar-refractivity contribution in [1.29, 1.82) is 0 Å². The van der Waals surface area contributed by atoms with Crippen LogP contribution in [0.25, 0.3) is 0 Å². The molecule has 4 nitrogen and oxygen atoms in total. The number of ether oxygens (including phenoxy) is 1. The summed E-state index contributed by atoms with van der Waals surface area (Å²) in [4.78, 5) is 11.6. The van der Waals surface area contributed by atoms with Crippen molar-refractivity contribution in [2.75, 3.05) is 13.2 Å². The number of aliphatic hydroxyl groups is 1. The first-order chi connectivity index (χ1) is 9.43. The lowest BCUT2D eigenvalue weighted by Gasteiger charge is -2.14. The molecule has 4 heteroatoms. The van der Waals surface area contributed by atoms with Crippen LogP contribution in [-0.2, 0) is 4.79 Å². The van der Waals surface area contributed by atoms with Gasteiger partial charge in [-0.15, -0.1) is 0 Å². The van der Waals surface area contributed by atoms with Crippen LogP contribution in [-0.4, -0.2) is 30.3 Å². The summed E-state index contributed by atoms with van der Waals surface area (Å²) in [6, 6.07) is 5.86. The summed E-state index contributed by atoms with van der Waals surface area (Å²) in [6.45, 7) is 8.27. The Balaban J connectivity index is 2.49. The van der Waals surface area contributed by atoms with Gasteiger partial charge in [0.2, 0.25) is 0 Å². The Bertz CT molecular complexity index is 443. The number of rotatable bonds is 7. The highest BCUT2D eigenvalue weighted by molar-refractivity contribution is 5.77. The highest BCUT2D eigenvalue weighted by Crippen LogP contribution is 2.23. The van der Waals surface area contributed by atoms with E-state index in [0.29, 0.717) is 18.1 Å². The maximum absolute atomic E-state index is 11.6. The Morgan fingerprint density at radius 3 is 2.60 bits per heavy atom. The fourth-order valence-corrected chi connectivity index (χ4v) is 2.12. The monoisotopic (exact) mass is 279 g/mol. The number of aliphatic hydroxyl groups excluding tert-OH is 1. The van der Waals surface area contributed by atoms with E-state index in [9.17, 15) is 4.79 Å². The summed E-state index contributed by atoms with van der Waals surface area (Å²) < 4.78 is 5.49. The van der Waals surface area contributed by atoms with Crippen molar-refractivity contribution in [2.24, 2.45) is 0 Å². The number of amides is 1. The first-order valence-electron chi connectivity index (χ1n) is 7.07. The highest BCUT2D eigenvalue weighted by Gasteiger charge is 2.09. The molecule has 0 radical (unpaired) electrons. The lowest BCUT2D eigenvalue weighted by molar-refractivity contribution is -0.123. The summed E-state index contributed by atoms with van der Waals surface area (Å²) in [6.07, 6.45) is 0.550. The zero-order chi connectivity index (χ0) is 15.1. The molecule has 0 aromatic heterocycles. The van der Waals surface area contributed by atoms with Crippen LogP contribution >= 0.6 is 0 Å². The van der Waals surface area contributed by atoms with Crippen molar-refractivity contribution in [2.45, 2.75) is 46.1 Å². The van der Waals surface area contributed by atoms with Crippen LogP contribution < -0.4 is 10.1 Å². The Morgan fingerprint density at radius 1 is 1.35 bits per heavy atom. The van der Waals surface area contributed by atoms with Crippen molar-refractivity contribution in [1.82, 2.24) is 5.32 Å². The van der Waals surface area contributed by atoms with Gasteiger partial charge in [0.25, 0.3) is 5.91 Å². The number of carbonyl (C=O) groups is 1. The minimum atomic E-state index is -0.170. The third-order valence-corrected chi connectivity index (χ3v) is 3.20. The molecule has 112 valence electrons. The van der Waals surface area contributed by atoms with Gasteiger partial charge in [-0.2, -0.15) is 0 Å². The van der Waals surface area contributed by atoms with Gasteiger partial charge in [-0.3, -0.25) is 4.79 Å². The zero-order valence-corrected chi connectivity index (χ0v) is 12.8. The SMILES string of the molecule is Cc1cc(OCC(=O)NC(C)CCO)ccc1C(C)C. The second-order valence-corrected chi connectivity index (χ2v) is 5.44. The Labute approximate surface area is 121 Å². The molecule has 0 saturated carbocycles. The molecule has 0 aliphatic rings. The molecular formula is C16H25NO3. The lowest BCUT2D eigenvalue weighted by Crippen LogP contribution is -2.36. The fraction of sp³-hybridized carbons (Fsp3) is 0.562. The summed E-state index contributed by atoms with van der Waals surface area (Å²) >= 11 is 0. The Kier molecular flexibility index (Phi) is 6.52. The van der Waals surface area contributed by atoms with E-state index in [1.54, 1.807) is 0 Å². The van der Waals surface area contributed by atoms with Gasteiger partial charge in [-0.1, -0.05) is 19.9 Å². The molecule has 1 unspecified atom stereocenters. The number of benzene rings is 1. The maximum Gasteiger partial charge on any atom is 0.258 e. The van der Waals surface area contributed by atoms with Crippen LogP contribution in [0.1, 0.15) is 44.2 Å². The minimum Gasteiger partial charge on any atom is -0.484 e. The largest absolute Gasteiger partial charge is 0.484 e. The third kappa shape index (κ3) is 5.21. The van der Waals surface area contributed by atoms with Crippen LogP contribution in [0, 0.1) is 6.92 Å². The normalized spacial score (nSPS) is 12.3. The van der Waals surface area contributed by atoms with Gasteiger partial charge in [-0.25, -0.2) is 0 Å². The van der Waals surface area contributed by atoms with E-state index in [4.69, 9.17) is 9.84 Å². The number of hydrogen-bond acceptors (Lipinski definition) is 3. The van der Waals surface area contributed by atoms with Gasteiger partial charge in [0.1, 0.15) is 5.75 Å². The molecule has 2 N–H and O–H groups in total. The molecule has 0 fully saturated rings. The van der Waals surface area contributed by atoms with Crippen molar-refractivity contribution in [3.05, 3.63) is 29.3 Å². The number of hydrogen-bond donors (Lipinski definition) is 2. The Morgan fingerprint density at radius 2 is 2.05 bits per heavy atom. The molecule has 1 amide bonds. The summed E-state index contributed by atoms with van der Waals surface area (Å²) in [5.74, 6) is 1.01. The quantitative estimate of drug-likeness (QED) is 0.805. The predicted octanol–water partition coefficient (Wildman–Crippen LogP) is 2.38. The summed E-state index contributed by atoms with van der Waals surface area (Å²) in [7, 11) is 0. The van der Waals surface area contributed by atoms with Crippen LogP contribution in [0.5, 0.6) is 5.75 Å². The van der Waals surface area contributed by atoms with Gasteiger partial charge in [-0.05, 0) is 49.4 Å². The zero-order valence-electron chi connectivity index (χ0n) is 12.8. The minimum absolute atomic E-state index is 0.00374. The third-order valence-electron chi connectivity index (χ3n) is 3.20. The second-order valence-electron chi connectivity index (χ2n) is 5.44. The van der Waals surface area contributed by atoms with E-state index in [-0.39, 0.29) is 25.2 Å². The molecule has 1 aromatic rings. The molecule has 1 aromatic carbocycles. The molecule has 20 heavy (non-hydrogen) atoms.